The summed E-state index contributed by atoms with van der Waals surface area (Å²) in [4.78, 5) is 24.5. The van der Waals surface area contributed by atoms with Crippen LogP contribution in [0.2, 0.25) is 0 Å². The maximum atomic E-state index is 12.3. The number of carbonyl (C=O) groups is 2. The van der Waals surface area contributed by atoms with E-state index in [2.05, 4.69) is 10.6 Å². The molecule has 0 heterocycles. The lowest BCUT2D eigenvalue weighted by molar-refractivity contribution is -0.126. The van der Waals surface area contributed by atoms with E-state index in [0.29, 0.717) is 12.8 Å². The van der Waals surface area contributed by atoms with Crippen LogP contribution in [0.25, 0.3) is 0 Å². The molecule has 0 unspecified atom stereocenters. The van der Waals surface area contributed by atoms with Gasteiger partial charge in [0, 0.05) is 17.5 Å². The number of carbonyl (C=O) groups excluding carboxylic acids is 2. The molecule has 1 aromatic rings. The minimum atomic E-state index is -3.82. The third kappa shape index (κ3) is 4.22. The molecule has 0 radical (unpaired) electrons. The van der Waals surface area contributed by atoms with Crippen LogP contribution in [0.4, 0.5) is 0 Å². The number of aliphatic hydroxyl groups excluding tert-OH is 1. The van der Waals surface area contributed by atoms with Crippen LogP contribution in [0.5, 0.6) is 0 Å². The van der Waals surface area contributed by atoms with Crippen molar-refractivity contribution in [3.8, 4) is 0 Å². The van der Waals surface area contributed by atoms with Crippen molar-refractivity contribution in [2.45, 2.75) is 55.2 Å². The summed E-state index contributed by atoms with van der Waals surface area (Å²) < 4.78 is 22.5. The number of nitrogens with two attached hydrogens (primary N) is 1. The predicted molar refractivity (Wildman–Crippen MR) is 93.6 cm³/mol. The molecule has 9 heteroatoms. The van der Waals surface area contributed by atoms with E-state index in [0.717, 1.165) is 19.3 Å². The zero-order valence-corrected chi connectivity index (χ0v) is 15.0. The molecule has 5 N–H and O–H groups in total. The highest BCUT2D eigenvalue weighted by Gasteiger charge is 2.38. The summed E-state index contributed by atoms with van der Waals surface area (Å²) in [5, 5.41) is 20.9. The number of nitrogens with one attached hydrogen (secondary N) is 2. The average molecular weight is 381 g/mol. The monoisotopic (exact) mass is 381 g/mol. The summed E-state index contributed by atoms with van der Waals surface area (Å²) in [6.07, 6.45) is 3.01. The zero-order chi connectivity index (χ0) is 18.9. The topological polar surface area (TPSA) is 139 Å². The van der Waals surface area contributed by atoms with Crippen LogP contribution in [-0.2, 0) is 14.8 Å². The zero-order valence-electron chi connectivity index (χ0n) is 14.2. The summed E-state index contributed by atoms with van der Waals surface area (Å²) in [5.74, 6) is -0.821. The smallest absolute Gasteiger partial charge is 0.251 e. The fourth-order valence-corrected chi connectivity index (χ4v) is 3.82. The molecule has 2 fully saturated rings. The van der Waals surface area contributed by atoms with Gasteiger partial charge in [-0.25, -0.2) is 13.6 Å². The molecule has 142 valence electrons. The van der Waals surface area contributed by atoms with E-state index in [4.69, 9.17) is 5.14 Å². The van der Waals surface area contributed by atoms with Crippen molar-refractivity contribution < 1.29 is 23.1 Å². The molecule has 2 amide bonds. The lowest BCUT2D eigenvalue weighted by atomic mass is 9.92. The Morgan fingerprint density at radius 3 is 2.27 bits per heavy atom. The minimum Gasteiger partial charge on any atom is -0.391 e. The van der Waals surface area contributed by atoms with E-state index in [9.17, 15) is 23.1 Å². The summed E-state index contributed by atoms with van der Waals surface area (Å²) in [6, 6.07) is 4.95. The van der Waals surface area contributed by atoms with Gasteiger partial charge in [0.25, 0.3) is 5.91 Å². The molecule has 26 heavy (non-hydrogen) atoms. The van der Waals surface area contributed by atoms with Crippen molar-refractivity contribution in [2.75, 3.05) is 0 Å². The first-order valence-corrected chi connectivity index (χ1v) is 10.2. The molecule has 0 saturated heterocycles. The molecule has 0 spiro atoms. The van der Waals surface area contributed by atoms with Crippen LogP contribution in [0.15, 0.2) is 29.2 Å². The van der Waals surface area contributed by atoms with Crippen molar-refractivity contribution >= 4 is 21.8 Å². The van der Waals surface area contributed by atoms with Gasteiger partial charge in [0.05, 0.1) is 17.0 Å². The highest BCUT2D eigenvalue weighted by atomic mass is 32.2. The Morgan fingerprint density at radius 1 is 1.08 bits per heavy atom. The lowest BCUT2D eigenvalue weighted by Crippen LogP contribution is -2.42. The number of primary sulfonamides is 1. The van der Waals surface area contributed by atoms with Crippen molar-refractivity contribution in [3.05, 3.63) is 29.8 Å². The largest absolute Gasteiger partial charge is 0.391 e. The molecular weight excluding hydrogens is 358 g/mol. The summed E-state index contributed by atoms with van der Waals surface area (Å²) >= 11 is 0. The molecule has 1 aromatic carbocycles. The van der Waals surface area contributed by atoms with Crippen molar-refractivity contribution in [1.29, 1.82) is 0 Å². The maximum Gasteiger partial charge on any atom is 0.251 e. The lowest BCUT2D eigenvalue weighted by Gasteiger charge is -2.27. The van der Waals surface area contributed by atoms with E-state index in [1.54, 1.807) is 0 Å². The molecule has 0 aromatic heterocycles. The van der Waals surface area contributed by atoms with Crippen LogP contribution < -0.4 is 15.8 Å². The summed E-state index contributed by atoms with van der Waals surface area (Å²) in [6.45, 7) is 0. The number of rotatable bonds is 5. The summed E-state index contributed by atoms with van der Waals surface area (Å²) in [5.41, 5.74) is 0.256. The van der Waals surface area contributed by atoms with Crippen LogP contribution in [0.1, 0.15) is 42.5 Å². The second-order valence-electron chi connectivity index (χ2n) is 7.02. The molecule has 2 aliphatic carbocycles. The van der Waals surface area contributed by atoms with Crippen LogP contribution in [-0.4, -0.2) is 43.5 Å². The van der Waals surface area contributed by atoms with Crippen LogP contribution >= 0.6 is 0 Å². The van der Waals surface area contributed by atoms with E-state index >= 15 is 0 Å². The molecular formula is C17H23N3O5S. The fraction of sp³-hybridized carbons (Fsp3) is 0.529. The van der Waals surface area contributed by atoms with Gasteiger partial charge >= 0.3 is 0 Å². The van der Waals surface area contributed by atoms with Gasteiger partial charge in [0.2, 0.25) is 15.9 Å². The molecule has 2 aliphatic rings. The second kappa shape index (κ2) is 7.34. The van der Waals surface area contributed by atoms with E-state index in [-0.39, 0.29) is 28.3 Å². The number of hydrogen-bond donors (Lipinski definition) is 4. The molecule has 8 nitrogen and oxygen atoms in total. The first kappa shape index (κ1) is 18.8. The number of hydrogen-bond acceptors (Lipinski definition) is 5. The molecule has 2 saturated carbocycles. The van der Waals surface area contributed by atoms with Gasteiger partial charge in [0.1, 0.15) is 0 Å². The summed E-state index contributed by atoms with van der Waals surface area (Å²) in [7, 11) is -3.82. The van der Waals surface area contributed by atoms with Gasteiger partial charge in [-0.3, -0.25) is 9.59 Å². The maximum absolute atomic E-state index is 12.3. The van der Waals surface area contributed by atoms with Crippen LogP contribution in [0, 0.1) is 5.92 Å². The number of sulfonamides is 1. The van der Waals surface area contributed by atoms with Gasteiger partial charge in [0.15, 0.2) is 0 Å². The first-order valence-electron chi connectivity index (χ1n) is 8.66. The fourth-order valence-electron chi connectivity index (χ4n) is 3.30. The van der Waals surface area contributed by atoms with Gasteiger partial charge in [-0.1, -0.05) is 0 Å². The molecule has 3 atom stereocenters. The van der Waals surface area contributed by atoms with Gasteiger partial charge < -0.3 is 15.7 Å². The number of aliphatic hydroxyl groups is 1. The SMILES string of the molecule is NS(=O)(=O)c1ccc(C(=O)N[C@@H]2C[C@H](C(=O)NC3CCC3)C[C@H]2O)cc1. The third-order valence-electron chi connectivity index (χ3n) is 5.11. The highest BCUT2D eigenvalue weighted by Crippen LogP contribution is 2.28. The van der Waals surface area contributed by atoms with Crippen molar-refractivity contribution in [3.63, 3.8) is 0 Å². The van der Waals surface area contributed by atoms with Gasteiger partial charge in [-0.15, -0.1) is 0 Å². The Kier molecular flexibility index (Phi) is 5.31. The Morgan fingerprint density at radius 2 is 1.73 bits per heavy atom. The van der Waals surface area contributed by atoms with Crippen LogP contribution in [0.3, 0.4) is 0 Å². The van der Waals surface area contributed by atoms with E-state index < -0.39 is 28.1 Å². The predicted octanol–water partition coefficient (Wildman–Crippen LogP) is -0.128. The highest BCUT2D eigenvalue weighted by molar-refractivity contribution is 7.89. The van der Waals surface area contributed by atoms with E-state index in [1.165, 1.54) is 24.3 Å². The average Bonchev–Trinajstić information content (AvgIpc) is 2.91. The Labute approximate surface area is 152 Å². The standard InChI is InChI=1S/C17H23N3O5S/c18-26(24,25)13-6-4-10(5-7-13)16(22)20-14-8-11(9-15(14)21)17(23)19-12-2-1-3-12/h4-7,11-12,14-15,21H,1-3,8-9H2,(H,19,23)(H,20,22)(H2,18,24,25)/t11-,14+,15+/m0/s1. The van der Waals surface area contributed by atoms with Gasteiger partial charge in [-0.2, -0.15) is 0 Å². The van der Waals surface area contributed by atoms with E-state index in [1.807, 2.05) is 0 Å². The molecule has 0 bridgehead atoms. The Balaban J connectivity index is 1.57. The van der Waals surface area contributed by atoms with Crippen molar-refractivity contribution in [2.24, 2.45) is 11.1 Å². The first-order chi connectivity index (χ1) is 12.2. The number of benzene rings is 1. The third-order valence-corrected chi connectivity index (χ3v) is 6.04. The normalized spacial score (nSPS) is 26.2. The second-order valence-corrected chi connectivity index (χ2v) is 8.58. The minimum absolute atomic E-state index is 0.0667. The number of amides is 2. The van der Waals surface area contributed by atoms with Crippen molar-refractivity contribution in [1.82, 2.24) is 10.6 Å². The van der Waals surface area contributed by atoms with Gasteiger partial charge in [-0.05, 0) is 56.4 Å². The Hall–Kier alpha value is -1.97. The molecule has 3 rings (SSSR count). The molecule has 0 aliphatic heterocycles. The quantitative estimate of drug-likeness (QED) is 0.563. The Bertz CT molecular complexity index is 789.